The fraction of sp³-hybridized carbons (Fsp3) is 0.625. The average molecular weight is 309 g/mol. The van der Waals surface area contributed by atoms with Crippen LogP contribution in [0.15, 0.2) is 24.3 Å². The van der Waals surface area contributed by atoms with Crippen molar-refractivity contribution >= 4 is 11.0 Å². The molecule has 4 nitrogen and oxygen atoms in total. The van der Waals surface area contributed by atoms with E-state index in [0.717, 1.165) is 31.2 Å². The van der Waals surface area contributed by atoms with Crippen LogP contribution in [-0.2, 0) is 26.0 Å². The Balaban J connectivity index is 2.15. The molecule has 0 amide bonds. The van der Waals surface area contributed by atoms with E-state index in [1.165, 1.54) is 5.56 Å². The van der Waals surface area contributed by atoms with Crippen LogP contribution in [0.1, 0.15) is 36.8 Å². The van der Waals surface area contributed by atoms with E-state index >= 15 is 0 Å². The van der Waals surface area contributed by atoms with Crippen molar-refractivity contribution in [2.24, 2.45) is 0 Å². The lowest BCUT2D eigenvalue weighted by Crippen LogP contribution is -2.63. The van der Waals surface area contributed by atoms with Gasteiger partial charge < -0.3 is 9.47 Å². The summed E-state index contributed by atoms with van der Waals surface area (Å²) in [6, 6.07) is 8.25. The number of aryl methyl sites for hydroxylation is 1. The number of nitrogens with one attached hydrogen (secondary N) is 1. The van der Waals surface area contributed by atoms with Crippen molar-refractivity contribution < 1.29 is 13.7 Å². The van der Waals surface area contributed by atoms with Gasteiger partial charge >= 0.3 is 0 Å². The highest BCUT2D eigenvalue weighted by atomic mass is 32.2. The molecule has 0 aromatic heterocycles. The first-order valence-corrected chi connectivity index (χ1v) is 9.11. The summed E-state index contributed by atoms with van der Waals surface area (Å²) >= 11 is 0. The van der Waals surface area contributed by atoms with Crippen molar-refractivity contribution in [1.82, 2.24) is 4.72 Å². The molecule has 1 aromatic carbocycles. The SMILES string of the molecule is Cc1ccccc1[C@]1(NS(C)=O)CCCCC12OCCO2. The third kappa shape index (κ3) is 2.46. The molecule has 5 heteroatoms. The van der Waals surface area contributed by atoms with Gasteiger partial charge in [0.1, 0.15) is 5.54 Å². The summed E-state index contributed by atoms with van der Waals surface area (Å²) in [5, 5.41) is 0. The van der Waals surface area contributed by atoms with Crippen molar-refractivity contribution in [3.8, 4) is 0 Å². The molecule has 3 rings (SSSR count). The Morgan fingerprint density at radius 2 is 1.81 bits per heavy atom. The van der Waals surface area contributed by atoms with Gasteiger partial charge in [0.2, 0.25) is 0 Å². The van der Waals surface area contributed by atoms with E-state index in [0.29, 0.717) is 13.2 Å². The summed E-state index contributed by atoms with van der Waals surface area (Å²) in [6.45, 7) is 3.30. The van der Waals surface area contributed by atoms with Gasteiger partial charge in [-0.1, -0.05) is 30.7 Å². The van der Waals surface area contributed by atoms with Gasteiger partial charge in [0.25, 0.3) is 0 Å². The second-order valence-electron chi connectivity index (χ2n) is 5.93. The van der Waals surface area contributed by atoms with Crippen LogP contribution in [0, 0.1) is 6.92 Å². The van der Waals surface area contributed by atoms with Crippen molar-refractivity contribution in [2.75, 3.05) is 19.5 Å². The summed E-state index contributed by atoms with van der Waals surface area (Å²) < 4.78 is 27.5. The Labute approximate surface area is 128 Å². The van der Waals surface area contributed by atoms with Gasteiger partial charge in [0.15, 0.2) is 5.79 Å². The second-order valence-corrected chi connectivity index (χ2v) is 7.05. The molecule has 1 aliphatic carbocycles. The third-order valence-electron chi connectivity index (χ3n) is 4.63. The first kappa shape index (κ1) is 15.2. The molecule has 2 aliphatic rings. The largest absolute Gasteiger partial charge is 0.345 e. The molecule has 1 heterocycles. The van der Waals surface area contributed by atoms with Crippen LogP contribution in [0.2, 0.25) is 0 Å². The van der Waals surface area contributed by atoms with Crippen LogP contribution in [0.3, 0.4) is 0 Å². The Morgan fingerprint density at radius 1 is 1.14 bits per heavy atom. The van der Waals surface area contributed by atoms with Gasteiger partial charge in [-0.25, -0.2) is 8.93 Å². The number of rotatable bonds is 3. The van der Waals surface area contributed by atoms with Gasteiger partial charge in [-0.3, -0.25) is 0 Å². The summed E-state index contributed by atoms with van der Waals surface area (Å²) in [5.41, 5.74) is 1.78. The minimum absolute atomic E-state index is 0.535. The summed E-state index contributed by atoms with van der Waals surface area (Å²) in [5.74, 6) is -0.691. The number of benzene rings is 1. The lowest BCUT2D eigenvalue weighted by molar-refractivity contribution is -0.230. The first-order valence-electron chi connectivity index (χ1n) is 7.55. The summed E-state index contributed by atoms with van der Waals surface area (Å²) in [6.07, 6.45) is 5.54. The van der Waals surface area contributed by atoms with Gasteiger partial charge in [-0.2, -0.15) is 0 Å². The Kier molecular flexibility index (Phi) is 4.19. The molecule has 2 fully saturated rings. The van der Waals surface area contributed by atoms with Crippen molar-refractivity contribution in [3.05, 3.63) is 35.4 Å². The van der Waals surface area contributed by atoms with E-state index in [2.05, 4.69) is 23.8 Å². The van der Waals surface area contributed by atoms with E-state index in [9.17, 15) is 4.21 Å². The fourth-order valence-electron chi connectivity index (χ4n) is 3.82. The van der Waals surface area contributed by atoms with Gasteiger partial charge in [-0.05, 0) is 30.9 Å². The molecule has 116 valence electrons. The molecule has 21 heavy (non-hydrogen) atoms. The fourth-order valence-corrected chi connectivity index (χ4v) is 4.68. The quantitative estimate of drug-likeness (QED) is 0.932. The summed E-state index contributed by atoms with van der Waals surface area (Å²) in [4.78, 5) is 0. The average Bonchev–Trinajstić information content (AvgIpc) is 2.91. The third-order valence-corrected chi connectivity index (χ3v) is 5.27. The van der Waals surface area contributed by atoms with Crippen molar-refractivity contribution in [3.63, 3.8) is 0 Å². The van der Waals surface area contributed by atoms with Crippen LogP contribution in [0.4, 0.5) is 0 Å². The smallest absolute Gasteiger partial charge is 0.191 e. The maximum atomic E-state index is 12.0. The molecule has 1 N–H and O–H groups in total. The van der Waals surface area contributed by atoms with Gasteiger partial charge in [-0.15, -0.1) is 0 Å². The minimum Gasteiger partial charge on any atom is -0.345 e. The first-order chi connectivity index (χ1) is 10.1. The highest BCUT2D eigenvalue weighted by molar-refractivity contribution is 7.82. The second kappa shape index (κ2) is 5.80. The number of hydrogen-bond acceptors (Lipinski definition) is 3. The maximum absolute atomic E-state index is 12.0. The van der Waals surface area contributed by atoms with E-state index < -0.39 is 22.3 Å². The molecule has 1 aromatic rings. The van der Waals surface area contributed by atoms with Crippen LogP contribution in [-0.4, -0.2) is 29.5 Å². The topological polar surface area (TPSA) is 47.6 Å². The number of hydrogen-bond donors (Lipinski definition) is 1. The molecule has 1 unspecified atom stereocenters. The van der Waals surface area contributed by atoms with Crippen molar-refractivity contribution in [2.45, 2.75) is 43.9 Å². The van der Waals surface area contributed by atoms with E-state index in [1.807, 2.05) is 12.1 Å². The lowest BCUT2D eigenvalue weighted by Gasteiger charge is -2.50. The van der Waals surface area contributed by atoms with Gasteiger partial charge in [0.05, 0.1) is 24.2 Å². The highest BCUT2D eigenvalue weighted by Crippen LogP contribution is 2.50. The molecule has 1 saturated heterocycles. The zero-order valence-electron chi connectivity index (χ0n) is 12.7. The molecule has 1 spiro atoms. The Hall–Kier alpha value is -0.750. The molecule has 2 atom stereocenters. The Bertz CT molecular complexity index is 542. The van der Waals surface area contributed by atoms with Crippen LogP contribution in [0.25, 0.3) is 0 Å². The van der Waals surface area contributed by atoms with Gasteiger partial charge in [0, 0.05) is 12.7 Å². The molecule has 0 radical (unpaired) electrons. The van der Waals surface area contributed by atoms with Crippen LogP contribution < -0.4 is 4.72 Å². The number of ether oxygens (including phenoxy) is 2. The molecule has 1 aliphatic heterocycles. The normalized spacial score (nSPS) is 29.6. The molecular weight excluding hydrogens is 286 g/mol. The summed E-state index contributed by atoms with van der Waals surface area (Å²) in [7, 11) is -1.14. The molecule has 1 saturated carbocycles. The monoisotopic (exact) mass is 309 g/mol. The Morgan fingerprint density at radius 3 is 2.48 bits per heavy atom. The highest BCUT2D eigenvalue weighted by Gasteiger charge is 2.59. The van der Waals surface area contributed by atoms with E-state index in [4.69, 9.17) is 9.47 Å². The van der Waals surface area contributed by atoms with E-state index in [1.54, 1.807) is 6.26 Å². The molecular formula is C16H23NO3S. The maximum Gasteiger partial charge on any atom is 0.191 e. The van der Waals surface area contributed by atoms with Crippen LogP contribution in [0.5, 0.6) is 0 Å². The predicted molar refractivity (Wildman–Crippen MR) is 83.2 cm³/mol. The van der Waals surface area contributed by atoms with Crippen molar-refractivity contribution in [1.29, 1.82) is 0 Å². The minimum atomic E-state index is -1.14. The standard InChI is InChI=1S/C16H23NO3S/c1-13-7-3-4-8-14(13)15(17-21(2)18)9-5-6-10-16(15)19-11-12-20-16/h3-4,7-8,17H,5-6,9-12H2,1-2H3/t15-,21?/m1/s1. The zero-order valence-corrected chi connectivity index (χ0v) is 13.5. The zero-order chi connectivity index (χ0) is 14.9. The van der Waals surface area contributed by atoms with Crippen LogP contribution >= 0.6 is 0 Å². The molecule has 0 bridgehead atoms. The van der Waals surface area contributed by atoms with E-state index in [-0.39, 0.29) is 0 Å². The lowest BCUT2D eigenvalue weighted by atomic mass is 9.71. The predicted octanol–water partition coefficient (Wildman–Crippen LogP) is 2.39.